The number of methoxy groups -OCH3 is 1. The Balaban J connectivity index is 2.13. The van der Waals surface area contributed by atoms with Crippen LogP contribution in [0.3, 0.4) is 0 Å². The van der Waals surface area contributed by atoms with Gasteiger partial charge in [0.15, 0.2) is 5.65 Å². The van der Waals surface area contributed by atoms with Gasteiger partial charge in [-0.1, -0.05) is 23.7 Å². The zero-order chi connectivity index (χ0) is 12.5. The molecule has 3 rings (SSSR count). The molecule has 2 heterocycles. The summed E-state index contributed by atoms with van der Waals surface area (Å²) in [6, 6.07) is 9.49. The Morgan fingerprint density at radius 2 is 2.17 bits per heavy atom. The van der Waals surface area contributed by atoms with E-state index in [2.05, 4.69) is 15.0 Å². The standard InChI is InChI=1S/C13H10ClN3O/c1-18-10-4-2-3-8(5-10)12-16-11-6-9(14)7-15-13(11)17-12/h2-7H,1H3,(H,15,16,17). The van der Waals surface area contributed by atoms with E-state index in [-0.39, 0.29) is 0 Å². The highest BCUT2D eigenvalue weighted by molar-refractivity contribution is 6.31. The van der Waals surface area contributed by atoms with Crippen molar-refractivity contribution in [3.8, 4) is 17.1 Å². The highest BCUT2D eigenvalue weighted by Crippen LogP contribution is 2.24. The van der Waals surface area contributed by atoms with Crippen molar-refractivity contribution in [2.45, 2.75) is 0 Å². The van der Waals surface area contributed by atoms with Crippen LogP contribution in [0, 0.1) is 0 Å². The van der Waals surface area contributed by atoms with Gasteiger partial charge in [0, 0.05) is 11.8 Å². The Morgan fingerprint density at radius 3 is 3.00 bits per heavy atom. The minimum atomic E-state index is 0.586. The lowest BCUT2D eigenvalue weighted by atomic mass is 10.2. The molecule has 90 valence electrons. The van der Waals surface area contributed by atoms with Gasteiger partial charge in [0.1, 0.15) is 11.6 Å². The topological polar surface area (TPSA) is 50.8 Å². The molecule has 0 aliphatic rings. The number of nitrogens with zero attached hydrogens (tertiary/aromatic N) is 2. The van der Waals surface area contributed by atoms with E-state index in [0.29, 0.717) is 10.7 Å². The lowest BCUT2D eigenvalue weighted by molar-refractivity contribution is 0.415. The first-order valence-electron chi connectivity index (χ1n) is 5.42. The van der Waals surface area contributed by atoms with E-state index in [4.69, 9.17) is 16.3 Å². The largest absolute Gasteiger partial charge is 0.497 e. The molecule has 18 heavy (non-hydrogen) atoms. The molecular weight excluding hydrogens is 250 g/mol. The fourth-order valence-corrected chi connectivity index (χ4v) is 1.94. The zero-order valence-electron chi connectivity index (χ0n) is 9.64. The van der Waals surface area contributed by atoms with Crippen LogP contribution in [0.2, 0.25) is 5.02 Å². The van der Waals surface area contributed by atoms with Gasteiger partial charge in [0.25, 0.3) is 0 Å². The van der Waals surface area contributed by atoms with Crippen LogP contribution in [0.15, 0.2) is 36.5 Å². The Hall–Kier alpha value is -2.07. The molecule has 0 radical (unpaired) electrons. The molecule has 0 bridgehead atoms. The highest BCUT2D eigenvalue weighted by Gasteiger charge is 2.07. The Kier molecular flexibility index (Phi) is 2.64. The molecule has 1 aromatic carbocycles. The Morgan fingerprint density at radius 1 is 1.28 bits per heavy atom. The number of aromatic amines is 1. The number of fused-ring (bicyclic) bond motifs is 1. The molecule has 4 nitrogen and oxygen atoms in total. The van der Waals surface area contributed by atoms with E-state index in [1.807, 2.05) is 24.3 Å². The molecule has 0 saturated carbocycles. The third kappa shape index (κ3) is 1.91. The Labute approximate surface area is 109 Å². The second-order valence-corrected chi connectivity index (χ2v) is 4.28. The predicted molar refractivity (Wildman–Crippen MR) is 70.9 cm³/mol. The second-order valence-electron chi connectivity index (χ2n) is 3.84. The summed E-state index contributed by atoms with van der Waals surface area (Å²) >= 11 is 5.89. The number of benzene rings is 1. The average molecular weight is 260 g/mol. The molecule has 0 fully saturated rings. The summed E-state index contributed by atoms with van der Waals surface area (Å²) in [7, 11) is 1.64. The van der Waals surface area contributed by atoms with Crippen LogP contribution in [0.5, 0.6) is 5.75 Å². The number of rotatable bonds is 2. The molecule has 0 unspecified atom stereocenters. The molecule has 0 atom stereocenters. The molecule has 0 aliphatic heterocycles. The van der Waals surface area contributed by atoms with Gasteiger partial charge in [-0.2, -0.15) is 0 Å². The van der Waals surface area contributed by atoms with Gasteiger partial charge in [0.2, 0.25) is 0 Å². The number of pyridine rings is 1. The number of hydrogen-bond donors (Lipinski definition) is 1. The molecule has 0 spiro atoms. The van der Waals surface area contributed by atoms with Crippen molar-refractivity contribution in [3.05, 3.63) is 41.6 Å². The first-order chi connectivity index (χ1) is 8.76. The lowest BCUT2D eigenvalue weighted by Crippen LogP contribution is -1.84. The summed E-state index contributed by atoms with van der Waals surface area (Å²) in [5.41, 5.74) is 2.42. The van der Waals surface area contributed by atoms with Crippen LogP contribution in [-0.2, 0) is 0 Å². The predicted octanol–water partition coefficient (Wildman–Crippen LogP) is 3.29. The van der Waals surface area contributed by atoms with E-state index in [1.165, 1.54) is 0 Å². The van der Waals surface area contributed by atoms with Crippen LogP contribution in [0.25, 0.3) is 22.6 Å². The van der Waals surface area contributed by atoms with Gasteiger partial charge in [-0.25, -0.2) is 9.97 Å². The molecule has 1 N–H and O–H groups in total. The molecule has 0 amide bonds. The van der Waals surface area contributed by atoms with Crippen molar-refractivity contribution in [1.82, 2.24) is 15.0 Å². The van der Waals surface area contributed by atoms with Crippen molar-refractivity contribution >= 4 is 22.8 Å². The van der Waals surface area contributed by atoms with Gasteiger partial charge in [-0.05, 0) is 18.2 Å². The number of H-pyrrole nitrogens is 1. The van der Waals surface area contributed by atoms with Crippen molar-refractivity contribution in [2.75, 3.05) is 7.11 Å². The van der Waals surface area contributed by atoms with Crippen molar-refractivity contribution in [2.24, 2.45) is 0 Å². The van der Waals surface area contributed by atoms with E-state index < -0.39 is 0 Å². The highest BCUT2D eigenvalue weighted by atomic mass is 35.5. The number of ether oxygens (including phenoxy) is 1. The lowest BCUT2D eigenvalue weighted by Gasteiger charge is -2.01. The maximum absolute atomic E-state index is 5.89. The minimum Gasteiger partial charge on any atom is -0.497 e. The summed E-state index contributed by atoms with van der Waals surface area (Å²) in [5, 5.41) is 0.586. The van der Waals surface area contributed by atoms with Crippen molar-refractivity contribution in [3.63, 3.8) is 0 Å². The van der Waals surface area contributed by atoms with Crippen LogP contribution in [0.4, 0.5) is 0 Å². The average Bonchev–Trinajstić information content (AvgIpc) is 2.81. The number of imidazole rings is 1. The van der Waals surface area contributed by atoms with Crippen LogP contribution < -0.4 is 4.74 Å². The first-order valence-corrected chi connectivity index (χ1v) is 5.80. The third-order valence-electron chi connectivity index (χ3n) is 2.65. The first kappa shape index (κ1) is 11.0. The summed E-state index contributed by atoms with van der Waals surface area (Å²) in [6.07, 6.45) is 1.58. The minimum absolute atomic E-state index is 0.586. The fourth-order valence-electron chi connectivity index (χ4n) is 1.78. The zero-order valence-corrected chi connectivity index (χ0v) is 10.4. The number of hydrogen-bond acceptors (Lipinski definition) is 3. The normalized spacial score (nSPS) is 10.8. The third-order valence-corrected chi connectivity index (χ3v) is 2.85. The summed E-state index contributed by atoms with van der Waals surface area (Å²) < 4.78 is 5.19. The van der Waals surface area contributed by atoms with Gasteiger partial charge in [0.05, 0.1) is 17.6 Å². The van der Waals surface area contributed by atoms with Gasteiger partial charge in [-0.3, -0.25) is 0 Å². The van der Waals surface area contributed by atoms with Crippen LogP contribution in [0.1, 0.15) is 0 Å². The van der Waals surface area contributed by atoms with Crippen molar-refractivity contribution < 1.29 is 4.74 Å². The molecule has 2 aromatic heterocycles. The van der Waals surface area contributed by atoms with E-state index in [0.717, 1.165) is 22.7 Å². The quantitative estimate of drug-likeness (QED) is 0.768. The second kappa shape index (κ2) is 4.31. The molecule has 0 aliphatic carbocycles. The SMILES string of the molecule is COc1cccc(-c2nc3ncc(Cl)cc3[nH]2)c1. The van der Waals surface area contributed by atoms with E-state index >= 15 is 0 Å². The fraction of sp³-hybridized carbons (Fsp3) is 0.0769. The summed E-state index contributed by atoms with van der Waals surface area (Å²) in [5.74, 6) is 1.54. The van der Waals surface area contributed by atoms with E-state index in [1.54, 1.807) is 19.4 Å². The smallest absolute Gasteiger partial charge is 0.178 e. The number of aromatic nitrogens is 3. The number of halogens is 1. The monoisotopic (exact) mass is 259 g/mol. The molecule has 0 saturated heterocycles. The van der Waals surface area contributed by atoms with Crippen LogP contribution >= 0.6 is 11.6 Å². The number of nitrogens with one attached hydrogen (secondary N) is 1. The summed E-state index contributed by atoms with van der Waals surface area (Å²) in [6.45, 7) is 0. The van der Waals surface area contributed by atoms with Gasteiger partial charge in [-0.15, -0.1) is 0 Å². The maximum Gasteiger partial charge on any atom is 0.178 e. The molecular formula is C13H10ClN3O. The van der Waals surface area contributed by atoms with Crippen molar-refractivity contribution in [1.29, 1.82) is 0 Å². The van der Waals surface area contributed by atoms with E-state index in [9.17, 15) is 0 Å². The maximum atomic E-state index is 5.89. The molecule has 3 aromatic rings. The van der Waals surface area contributed by atoms with Gasteiger partial charge < -0.3 is 9.72 Å². The van der Waals surface area contributed by atoms with Crippen LogP contribution in [-0.4, -0.2) is 22.1 Å². The molecule has 5 heteroatoms. The van der Waals surface area contributed by atoms with Gasteiger partial charge >= 0.3 is 0 Å². The Bertz CT molecular complexity index is 708. The summed E-state index contributed by atoms with van der Waals surface area (Å²) in [4.78, 5) is 11.8.